The van der Waals surface area contributed by atoms with Crippen LogP contribution in [0.1, 0.15) is 77.6 Å². The number of carbonyl (C=O) groups excluding carboxylic acids is 1. The van der Waals surface area contributed by atoms with Crippen molar-refractivity contribution in [2.45, 2.75) is 83.7 Å². The third-order valence-electron chi connectivity index (χ3n) is 3.70. The van der Waals surface area contributed by atoms with E-state index in [1.54, 1.807) is 0 Å². The molecule has 2 nitrogen and oxygen atoms in total. The van der Waals surface area contributed by atoms with Gasteiger partial charge in [0.15, 0.2) is 0 Å². The molecule has 2 heteroatoms. The normalized spacial score (nSPS) is 25.4. The van der Waals surface area contributed by atoms with Crippen LogP contribution in [0.4, 0.5) is 0 Å². The van der Waals surface area contributed by atoms with Gasteiger partial charge in [0, 0.05) is 6.42 Å². The maximum absolute atomic E-state index is 11.8. The van der Waals surface area contributed by atoms with Crippen molar-refractivity contribution in [1.29, 1.82) is 0 Å². The first-order valence-corrected chi connectivity index (χ1v) is 8.35. The van der Waals surface area contributed by atoms with Crippen LogP contribution in [0.5, 0.6) is 0 Å². The molecule has 20 heavy (non-hydrogen) atoms. The summed E-state index contributed by atoms with van der Waals surface area (Å²) >= 11 is 0. The second kappa shape index (κ2) is 11.7. The summed E-state index contributed by atoms with van der Waals surface area (Å²) in [5.74, 6) is -0.0304. The summed E-state index contributed by atoms with van der Waals surface area (Å²) in [5, 5.41) is 0. The molecule has 0 aromatic heterocycles. The molecule has 0 saturated heterocycles. The summed E-state index contributed by atoms with van der Waals surface area (Å²) in [6.07, 6.45) is 20.4. The smallest absolute Gasteiger partial charge is 0.306 e. The Bertz CT molecular complexity index is 305. The van der Waals surface area contributed by atoms with Crippen LogP contribution in [0.25, 0.3) is 0 Å². The first-order valence-electron chi connectivity index (χ1n) is 8.35. The number of hydrogen-bond acceptors (Lipinski definition) is 2. The van der Waals surface area contributed by atoms with E-state index in [1.165, 1.54) is 32.1 Å². The van der Waals surface area contributed by atoms with E-state index in [2.05, 4.69) is 19.1 Å². The second-order valence-corrected chi connectivity index (χ2v) is 5.64. The predicted molar refractivity (Wildman–Crippen MR) is 84.6 cm³/mol. The van der Waals surface area contributed by atoms with Crippen molar-refractivity contribution in [3.05, 3.63) is 24.3 Å². The van der Waals surface area contributed by atoms with Gasteiger partial charge in [0.1, 0.15) is 6.10 Å². The highest BCUT2D eigenvalue weighted by atomic mass is 16.5. The van der Waals surface area contributed by atoms with E-state index >= 15 is 0 Å². The molecule has 0 spiro atoms. The quantitative estimate of drug-likeness (QED) is 0.513. The molecule has 0 aromatic carbocycles. The lowest BCUT2D eigenvalue weighted by Crippen LogP contribution is -2.16. The molecule has 0 saturated carbocycles. The van der Waals surface area contributed by atoms with Crippen molar-refractivity contribution in [1.82, 2.24) is 0 Å². The Morgan fingerprint density at radius 2 is 1.90 bits per heavy atom. The summed E-state index contributed by atoms with van der Waals surface area (Å²) in [7, 11) is 0. The van der Waals surface area contributed by atoms with Crippen LogP contribution < -0.4 is 0 Å². The molecule has 1 rings (SSSR count). The highest BCUT2D eigenvalue weighted by Crippen LogP contribution is 2.13. The van der Waals surface area contributed by atoms with Crippen LogP contribution in [0.2, 0.25) is 0 Å². The van der Waals surface area contributed by atoms with Crippen LogP contribution in [-0.4, -0.2) is 12.1 Å². The first kappa shape index (κ1) is 17.0. The summed E-state index contributed by atoms with van der Waals surface area (Å²) < 4.78 is 5.58. The first-order chi connectivity index (χ1) is 9.83. The standard InChI is InChI=1S/C18H30O2/c1-2-3-11-14-17-15-12-9-7-5-4-6-8-10-13-16-18(19)20-17/h7,9,12,15,17H,2-6,8,10-11,13-14,16H2,1H3/b9-7-,15-12-/t17-/m1/s1. The van der Waals surface area contributed by atoms with Crippen molar-refractivity contribution in [3.8, 4) is 0 Å². The lowest BCUT2D eigenvalue weighted by molar-refractivity contribution is -0.147. The van der Waals surface area contributed by atoms with Gasteiger partial charge in [-0.05, 0) is 38.2 Å². The molecule has 1 aliphatic heterocycles. The molecule has 0 unspecified atom stereocenters. The molecule has 0 aliphatic carbocycles. The fraction of sp³-hybridized carbons (Fsp3) is 0.722. The van der Waals surface area contributed by atoms with Crippen LogP contribution in [0.15, 0.2) is 24.3 Å². The minimum absolute atomic E-state index is 0.0304. The average molecular weight is 278 g/mol. The van der Waals surface area contributed by atoms with Gasteiger partial charge in [0.25, 0.3) is 0 Å². The number of cyclic esters (lactones) is 1. The lowest BCUT2D eigenvalue weighted by atomic mass is 10.1. The molecular weight excluding hydrogens is 248 g/mol. The Labute approximate surface area is 124 Å². The number of allylic oxidation sites excluding steroid dienone is 3. The van der Waals surface area contributed by atoms with Crippen molar-refractivity contribution in [2.75, 3.05) is 0 Å². The monoisotopic (exact) mass is 278 g/mol. The Morgan fingerprint density at radius 3 is 2.75 bits per heavy atom. The number of carbonyl (C=O) groups is 1. The number of unbranched alkanes of at least 4 members (excludes halogenated alkanes) is 2. The van der Waals surface area contributed by atoms with Crippen molar-refractivity contribution in [3.63, 3.8) is 0 Å². The van der Waals surface area contributed by atoms with E-state index in [1.807, 2.05) is 12.2 Å². The predicted octanol–water partition coefficient (Wildman–Crippen LogP) is 5.34. The van der Waals surface area contributed by atoms with Crippen LogP contribution >= 0.6 is 0 Å². The van der Waals surface area contributed by atoms with Gasteiger partial charge in [0.2, 0.25) is 0 Å². The maximum Gasteiger partial charge on any atom is 0.306 e. The van der Waals surface area contributed by atoms with E-state index in [4.69, 9.17) is 4.74 Å². The topological polar surface area (TPSA) is 26.3 Å². The number of hydrogen-bond donors (Lipinski definition) is 0. The summed E-state index contributed by atoms with van der Waals surface area (Å²) in [6.45, 7) is 2.19. The third kappa shape index (κ3) is 8.95. The van der Waals surface area contributed by atoms with Crippen LogP contribution in [0, 0.1) is 0 Å². The zero-order valence-electron chi connectivity index (χ0n) is 13.0. The minimum Gasteiger partial charge on any atom is -0.458 e. The number of rotatable bonds is 4. The maximum atomic E-state index is 11.8. The van der Waals surface area contributed by atoms with Crippen LogP contribution in [-0.2, 0) is 9.53 Å². The highest BCUT2D eigenvalue weighted by Gasteiger charge is 2.11. The zero-order chi connectivity index (χ0) is 14.5. The molecular formula is C18H30O2. The Balaban J connectivity index is 2.49. The summed E-state index contributed by atoms with van der Waals surface area (Å²) in [6, 6.07) is 0. The molecule has 1 heterocycles. The van der Waals surface area contributed by atoms with Gasteiger partial charge in [-0.15, -0.1) is 0 Å². The third-order valence-corrected chi connectivity index (χ3v) is 3.70. The van der Waals surface area contributed by atoms with Crippen molar-refractivity contribution in [2.24, 2.45) is 0 Å². The van der Waals surface area contributed by atoms with Crippen molar-refractivity contribution >= 4 is 5.97 Å². The molecule has 1 atom stereocenters. The molecule has 0 N–H and O–H groups in total. The lowest BCUT2D eigenvalue weighted by Gasteiger charge is -2.14. The Kier molecular flexibility index (Phi) is 9.99. The van der Waals surface area contributed by atoms with Gasteiger partial charge in [0.05, 0.1) is 0 Å². The fourth-order valence-corrected chi connectivity index (χ4v) is 2.44. The van der Waals surface area contributed by atoms with E-state index in [0.717, 1.165) is 32.1 Å². The van der Waals surface area contributed by atoms with Gasteiger partial charge in [-0.3, -0.25) is 4.79 Å². The SMILES string of the molecule is CCCCC[C@@H]1/C=C\C=C/CCCCCCCC(=O)O1. The summed E-state index contributed by atoms with van der Waals surface area (Å²) in [4.78, 5) is 11.8. The zero-order valence-corrected chi connectivity index (χ0v) is 13.0. The number of ether oxygens (including phenoxy) is 1. The minimum atomic E-state index is -0.0401. The fourth-order valence-electron chi connectivity index (χ4n) is 2.44. The van der Waals surface area contributed by atoms with Gasteiger partial charge in [-0.1, -0.05) is 57.3 Å². The van der Waals surface area contributed by atoms with Crippen LogP contribution in [0.3, 0.4) is 0 Å². The molecule has 0 amide bonds. The van der Waals surface area contributed by atoms with Gasteiger partial charge >= 0.3 is 5.97 Å². The van der Waals surface area contributed by atoms with E-state index in [-0.39, 0.29) is 12.1 Å². The molecule has 0 aromatic rings. The molecule has 0 fully saturated rings. The van der Waals surface area contributed by atoms with Gasteiger partial charge in [-0.25, -0.2) is 0 Å². The van der Waals surface area contributed by atoms with E-state index < -0.39 is 0 Å². The van der Waals surface area contributed by atoms with E-state index in [0.29, 0.717) is 6.42 Å². The molecule has 114 valence electrons. The molecule has 1 aliphatic rings. The highest BCUT2D eigenvalue weighted by molar-refractivity contribution is 5.69. The van der Waals surface area contributed by atoms with Gasteiger partial charge in [-0.2, -0.15) is 0 Å². The average Bonchev–Trinajstić information content (AvgIpc) is 2.44. The van der Waals surface area contributed by atoms with E-state index in [9.17, 15) is 4.79 Å². The number of esters is 1. The largest absolute Gasteiger partial charge is 0.458 e. The second-order valence-electron chi connectivity index (χ2n) is 5.64. The Morgan fingerprint density at radius 1 is 1.10 bits per heavy atom. The molecule has 0 bridgehead atoms. The van der Waals surface area contributed by atoms with Crippen molar-refractivity contribution < 1.29 is 9.53 Å². The van der Waals surface area contributed by atoms with Gasteiger partial charge < -0.3 is 4.74 Å². The summed E-state index contributed by atoms with van der Waals surface area (Å²) in [5.41, 5.74) is 0. The Hall–Kier alpha value is -1.05. The molecule has 0 radical (unpaired) electrons.